The first-order valence-corrected chi connectivity index (χ1v) is 13.7. The van der Waals surface area contributed by atoms with Gasteiger partial charge in [0.25, 0.3) is 5.91 Å². The maximum atomic E-state index is 12.5. The molecule has 0 bridgehead atoms. The van der Waals surface area contributed by atoms with Gasteiger partial charge in [0.1, 0.15) is 5.75 Å². The van der Waals surface area contributed by atoms with E-state index in [0.717, 1.165) is 11.4 Å². The average Bonchev–Trinajstić information content (AvgIpc) is 3.67. The molecule has 0 spiro atoms. The number of hydrogen-bond donors (Lipinski definition) is 2. The van der Waals surface area contributed by atoms with Crippen molar-refractivity contribution in [3.63, 3.8) is 0 Å². The highest BCUT2D eigenvalue weighted by Gasteiger charge is 2.43. The Kier molecular flexibility index (Phi) is 6.79. The van der Waals surface area contributed by atoms with Gasteiger partial charge in [-0.05, 0) is 99.1 Å². The number of aryl methyl sites for hydroxylation is 1. The van der Waals surface area contributed by atoms with E-state index in [1.54, 1.807) is 0 Å². The van der Waals surface area contributed by atoms with Gasteiger partial charge in [-0.25, -0.2) is 0 Å². The summed E-state index contributed by atoms with van der Waals surface area (Å²) in [6.07, 6.45) is 4.29. The molecule has 0 unspecified atom stereocenters. The number of ether oxygens (including phenoxy) is 1. The molecule has 39 heavy (non-hydrogen) atoms. The van der Waals surface area contributed by atoms with E-state index in [1.165, 1.54) is 29.8 Å². The fourth-order valence-corrected chi connectivity index (χ4v) is 5.86. The van der Waals surface area contributed by atoms with Crippen LogP contribution in [-0.4, -0.2) is 27.2 Å². The Hall–Kier alpha value is -4.17. The second kappa shape index (κ2) is 10.5. The number of aromatic nitrogens is 2. The standard InChI is InChI=1S/C31H31N5O2S/c1-20-18-26(21(2)35(20)23-15-16-23)30-29(27-10-6-7-17-32-27)34-31(39)36(30)24-13-11-22(12-14-24)33-28(37)19-38-25-8-4-3-5-9-25/h3-14,17-18,23,29-30H,15-16,19H2,1-2H3,(H,33,37)(H,34,39)/t29-,30+/m0/s1. The zero-order valence-corrected chi connectivity index (χ0v) is 22.8. The van der Waals surface area contributed by atoms with Crippen molar-refractivity contribution >= 4 is 34.6 Å². The van der Waals surface area contributed by atoms with Gasteiger partial charge in [-0.1, -0.05) is 24.3 Å². The predicted molar refractivity (Wildman–Crippen MR) is 157 cm³/mol. The van der Waals surface area contributed by atoms with E-state index in [9.17, 15) is 4.79 Å². The van der Waals surface area contributed by atoms with Gasteiger partial charge >= 0.3 is 0 Å². The van der Waals surface area contributed by atoms with Crippen LogP contribution in [-0.2, 0) is 4.79 Å². The fourth-order valence-electron chi connectivity index (χ4n) is 5.51. The van der Waals surface area contributed by atoms with E-state index >= 15 is 0 Å². The van der Waals surface area contributed by atoms with E-state index in [4.69, 9.17) is 17.0 Å². The van der Waals surface area contributed by atoms with Gasteiger partial charge in [0, 0.05) is 35.0 Å². The molecule has 2 aromatic carbocycles. The molecule has 1 saturated carbocycles. The molecule has 1 aliphatic heterocycles. The van der Waals surface area contributed by atoms with E-state index in [2.05, 4.69) is 45.0 Å². The molecule has 1 aliphatic carbocycles. The Labute approximate surface area is 233 Å². The van der Waals surface area contributed by atoms with Crippen molar-refractivity contribution in [1.29, 1.82) is 0 Å². The first-order valence-electron chi connectivity index (χ1n) is 13.3. The van der Waals surface area contributed by atoms with Crippen molar-refractivity contribution in [3.8, 4) is 5.75 Å². The molecular formula is C31H31N5O2S. The molecule has 2 fully saturated rings. The van der Waals surface area contributed by atoms with Gasteiger partial charge in [-0.3, -0.25) is 9.78 Å². The summed E-state index contributed by atoms with van der Waals surface area (Å²) in [5.74, 6) is 0.443. The predicted octanol–water partition coefficient (Wildman–Crippen LogP) is 6.03. The summed E-state index contributed by atoms with van der Waals surface area (Å²) < 4.78 is 8.04. The second-order valence-corrected chi connectivity index (χ2v) is 10.5. The normalized spacial score (nSPS) is 18.6. The third-order valence-electron chi connectivity index (χ3n) is 7.39. The number of carbonyl (C=O) groups excluding carboxylic acids is 1. The number of para-hydroxylation sites is 1. The summed E-state index contributed by atoms with van der Waals surface area (Å²) >= 11 is 5.90. The lowest BCUT2D eigenvalue weighted by molar-refractivity contribution is -0.118. The third-order valence-corrected chi connectivity index (χ3v) is 7.71. The maximum Gasteiger partial charge on any atom is 0.262 e. The first-order chi connectivity index (χ1) is 19.0. The van der Waals surface area contributed by atoms with Crippen LogP contribution < -0.4 is 20.3 Å². The van der Waals surface area contributed by atoms with E-state index in [0.29, 0.717) is 22.6 Å². The van der Waals surface area contributed by atoms with Crippen molar-refractivity contribution < 1.29 is 9.53 Å². The van der Waals surface area contributed by atoms with Gasteiger partial charge in [-0.15, -0.1) is 0 Å². The number of anilines is 2. The molecule has 2 N–H and O–H groups in total. The van der Waals surface area contributed by atoms with Crippen LogP contribution in [0.4, 0.5) is 11.4 Å². The number of rotatable bonds is 8. The molecule has 8 heteroatoms. The number of hydrogen-bond acceptors (Lipinski definition) is 4. The van der Waals surface area contributed by atoms with E-state index < -0.39 is 0 Å². The molecule has 2 atom stereocenters. The van der Waals surface area contributed by atoms with E-state index in [-0.39, 0.29) is 24.6 Å². The van der Waals surface area contributed by atoms with Crippen LogP contribution in [0.15, 0.2) is 85.1 Å². The van der Waals surface area contributed by atoms with E-state index in [1.807, 2.05) is 79.0 Å². The van der Waals surface area contributed by atoms with Gasteiger partial charge in [0.05, 0.1) is 17.8 Å². The Morgan fingerprint density at radius 1 is 1.05 bits per heavy atom. The van der Waals surface area contributed by atoms with Crippen LogP contribution in [0.2, 0.25) is 0 Å². The number of amides is 1. The Balaban J connectivity index is 1.26. The van der Waals surface area contributed by atoms with Gasteiger partial charge in [0.15, 0.2) is 11.7 Å². The molecule has 3 heterocycles. The minimum absolute atomic E-state index is 0.0592. The van der Waals surface area contributed by atoms with Crippen LogP contribution in [0.25, 0.3) is 0 Å². The third kappa shape index (κ3) is 5.12. The highest BCUT2D eigenvalue weighted by atomic mass is 32.1. The highest BCUT2D eigenvalue weighted by Crippen LogP contribution is 2.46. The lowest BCUT2D eigenvalue weighted by Crippen LogP contribution is -2.29. The smallest absolute Gasteiger partial charge is 0.262 e. The topological polar surface area (TPSA) is 71.4 Å². The minimum Gasteiger partial charge on any atom is -0.484 e. The average molecular weight is 538 g/mol. The quantitative estimate of drug-likeness (QED) is 0.268. The Morgan fingerprint density at radius 2 is 1.79 bits per heavy atom. The molecule has 2 aliphatic rings. The lowest BCUT2D eigenvalue weighted by atomic mass is 9.96. The van der Waals surface area contributed by atoms with Crippen molar-refractivity contribution in [3.05, 3.63) is 108 Å². The number of thiocarbonyl (C=S) groups is 1. The Bertz CT molecular complexity index is 1480. The molecule has 4 aromatic rings. The molecule has 198 valence electrons. The van der Waals surface area contributed by atoms with Crippen molar-refractivity contribution in [1.82, 2.24) is 14.9 Å². The zero-order chi connectivity index (χ0) is 26.9. The van der Waals surface area contributed by atoms with Crippen LogP contribution in [0.3, 0.4) is 0 Å². The van der Waals surface area contributed by atoms with Crippen LogP contribution in [0.5, 0.6) is 5.75 Å². The lowest BCUT2D eigenvalue weighted by Gasteiger charge is -2.28. The van der Waals surface area contributed by atoms with Crippen molar-refractivity contribution in [2.45, 2.75) is 44.8 Å². The van der Waals surface area contributed by atoms with Crippen molar-refractivity contribution in [2.24, 2.45) is 0 Å². The monoisotopic (exact) mass is 537 g/mol. The maximum absolute atomic E-state index is 12.5. The largest absolute Gasteiger partial charge is 0.484 e. The zero-order valence-electron chi connectivity index (χ0n) is 22.0. The summed E-state index contributed by atoms with van der Waals surface area (Å²) in [5.41, 5.74) is 6.40. The molecular weight excluding hydrogens is 506 g/mol. The number of nitrogens with zero attached hydrogens (tertiary/aromatic N) is 3. The molecule has 1 saturated heterocycles. The summed E-state index contributed by atoms with van der Waals surface area (Å²) in [6, 6.07) is 25.8. The summed E-state index contributed by atoms with van der Waals surface area (Å²) in [7, 11) is 0. The number of pyridine rings is 1. The fraction of sp³-hybridized carbons (Fsp3) is 0.258. The van der Waals surface area contributed by atoms with Gasteiger partial charge in [0.2, 0.25) is 0 Å². The molecule has 2 aromatic heterocycles. The molecule has 6 rings (SSSR count). The minimum atomic E-state index is -0.217. The molecule has 1 amide bonds. The number of carbonyl (C=O) groups is 1. The summed E-state index contributed by atoms with van der Waals surface area (Å²) in [4.78, 5) is 19.3. The first kappa shape index (κ1) is 25.1. The second-order valence-electron chi connectivity index (χ2n) is 10.1. The van der Waals surface area contributed by atoms with Gasteiger partial charge < -0.3 is 24.8 Å². The van der Waals surface area contributed by atoms with Gasteiger partial charge in [-0.2, -0.15) is 0 Å². The van der Waals surface area contributed by atoms with Crippen LogP contribution >= 0.6 is 12.2 Å². The highest BCUT2D eigenvalue weighted by molar-refractivity contribution is 7.80. The number of nitrogens with one attached hydrogen (secondary N) is 2. The Morgan fingerprint density at radius 3 is 2.49 bits per heavy atom. The molecule has 7 nitrogen and oxygen atoms in total. The molecule has 0 radical (unpaired) electrons. The summed E-state index contributed by atoms with van der Waals surface area (Å²) in [6.45, 7) is 4.34. The van der Waals surface area contributed by atoms with Crippen LogP contribution in [0.1, 0.15) is 53.6 Å². The van der Waals surface area contributed by atoms with Crippen LogP contribution in [0, 0.1) is 13.8 Å². The van der Waals surface area contributed by atoms with Crippen molar-refractivity contribution in [2.75, 3.05) is 16.8 Å². The SMILES string of the molecule is Cc1cc([C@@H]2[C@H](c3ccccn3)NC(=S)N2c2ccc(NC(=O)COc3ccccc3)cc2)c(C)n1C1CC1. The summed E-state index contributed by atoms with van der Waals surface area (Å²) in [5, 5.41) is 7.11. The number of benzene rings is 2.